The van der Waals surface area contributed by atoms with Gasteiger partial charge in [-0.05, 0) is 44.0 Å². The third-order valence-electron chi connectivity index (χ3n) is 4.30. The molecular formula is C16H23N5O2. The second kappa shape index (κ2) is 7.32. The molecule has 1 aliphatic heterocycles. The molecule has 1 saturated heterocycles. The van der Waals surface area contributed by atoms with Gasteiger partial charge in [0.1, 0.15) is 0 Å². The van der Waals surface area contributed by atoms with E-state index in [-0.39, 0.29) is 11.7 Å². The molecule has 1 aliphatic rings. The molecule has 7 nitrogen and oxygen atoms in total. The number of urea groups is 1. The molecule has 4 N–H and O–H groups in total. The van der Waals surface area contributed by atoms with Crippen LogP contribution in [0.2, 0.25) is 0 Å². The van der Waals surface area contributed by atoms with E-state index in [9.17, 15) is 9.59 Å². The van der Waals surface area contributed by atoms with E-state index >= 15 is 0 Å². The molecular weight excluding hydrogens is 294 g/mol. The van der Waals surface area contributed by atoms with Gasteiger partial charge in [0.05, 0.1) is 11.0 Å². The summed E-state index contributed by atoms with van der Waals surface area (Å²) >= 11 is 0. The van der Waals surface area contributed by atoms with Crippen molar-refractivity contribution in [2.24, 2.45) is 5.92 Å². The van der Waals surface area contributed by atoms with Crippen molar-refractivity contribution in [1.29, 1.82) is 0 Å². The first-order chi connectivity index (χ1) is 11.2. The molecule has 1 atom stereocenters. The average molecular weight is 317 g/mol. The molecule has 0 spiro atoms. The number of nitrogens with one attached hydrogen (secondary N) is 4. The maximum absolute atomic E-state index is 11.9. The highest BCUT2D eigenvalue weighted by Crippen LogP contribution is 2.10. The molecule has 0 radical (unpaired) electrons. The summed E-state index contributed by atoms with van der Waals surface area (Å²) in [6, 6.07) is 7.36. The molecule has 0 saturated carbocycles. The number of hydrogen-bond donors (Lipinski definition) is 4. The monoisotopic (exact) mass is 317 g/mol. The van der Waals surface area contributed by atoms with Gasteiger partial charge >= 0.3 is 11.7 Å². The molecule has 0 aliphatic carbocycles. The van der Waals surface area contributed by atoms with Gasteiger partial charge in [-0.3, -0.25) is 4.57 Å². The van der Waals surface area contributed by atoms with Crippen LogP contribution in [-0.4, -0.2) is 41.8 Å². The number of fused-ring (bicyclic) bond motifs is 1. The molecule has 1 aromatic carbocycles. The van der Waals surface area contributed by atoms with Crippen LogP contribution in [0.1, 0.15) is 12.8 Å². The minimum absolute atomic E-state index is 0.151. The molecule has 2 heterocycles. The Balaban J connectivity index is 1.42. The van der Waals surface area contributed by atoms with Crippen LogP contribution in [-0.2, 0) is 6.54 Å². The van der Waals surface area contributed by atoms with Crippen molar-refractivity contribution in [3.8, 4) is 0 Å². The largest absolute Gasteiger partial charge is 0.338 e. The van der Waals surface area contributed by atoms with Crippen LogP contribution in [0.3, 0.4) is 0 Å². The van der Waals surface area contributed by atoms with Crippen molar-refractivity contribution in [3.63, 3.8) is 0 Å². The summed E-state index contributed by atoms with van der Waals surface area (Å²) in [6.45, 7) is 3.68. The zero-order chi connectivity index (χ0) is 16.1. The van der Waals surface area contributed by atoms with Gasteiger partial charge in [-0.15, -0.1) is 0 Å². The summed E-state index contributed by atoms with van der Waals surface area (Å²) in [5, 5.41) is 8.98. The lowest BCUT2D eigenvalue weighted by molar-refractivity contribution is 0.239. The maximum Gasteiger partial charge on any atom is 0.326 e. The van der Waals surface area contributed by atoms with E-state index in [1.54, 1.807) is 4.57 Å². The lowest BCUT2D eigenvalue weighted by Gasteiger charge is -2.10. The standard InChI is InChI=1S/C16H23N5O2/c22-15(18-8-6-12-5-7-17-11-12)19-9-10-21-14-4-2-1-3-13(14)20-16(21)23/h1-4,12,17H,5-11H2,(H,20,23)(H2,18,19,22). The Morgan fingerprint density at radius 2 is 2.09 bits per heavy atom. The van der Waals surface area contributed by atoms with Gasteiger partial charge in [0.25, 0.3) is 0 Å². The van der Waals surface area contributed by atoms with Crippen molar-refractivity contribution < 1.29 is 4.79 Å². The zero-order valence-electron chi connectivity index (χ0n) is 13.1. The fourth-order valence-electron chi connectivity index (χ4n) is 3.02. The normalized spacial score (nSPS) is 17.5. The summed E-state index contributed by atoms with van der Waals surface area (Å²) in [5.41, 5.74) is 1.52. The SMILES string of the molecule is O=C(NCCC1CCNC1)NCCn1c(=O)[nH]c2ccccc21. The molecule has 1 unspecified atom stereocenters. The van der Waals surface area contributed by atoms with Crippen LogP contribution >= 0.6 is 0 Å². The van der Waals surface area contributed by atoms with Gasteiger partial charge in [-0.2, -0.15) is 0 Å². The van der Waals surface area contributed by atoms with E-state index in [4.69, 9.17) is 0 Å². The van der Waals surface area contributed by atoms with Crippen molar-refractivity contribution >= 4 is 17.1 Å². The minimum Gasteiger partial charge on any atom is -0.338 e. The van der Waals surface area contributed by atoms with E-state index in [1.165, 1.54) is 6.42 Å². The number of H-pyrrole nitrogens is 1. The number of para-hydroxylation sites is 2. The third kappa shape index (κ3) is 3.92. The van der Waals surface area contributed by atoms with E-state index in [2.05, 4.69) is 20.9 Å². The van der Waals surface area contributed by atoms with Crippen molar-refractivity contribution in [1.82, 2.24) is 25.5 Å². The molecule has 1 fully saturated rings. The van der Waals surface area contributed by atoms with E-state index in [1.807, 2.05) is 24.3 Å². The van der Waals surface area contributed by atoms with Gasteiger partial charge in [0.2, 0.25) is 0 Å². The van der Waals surface area contributed by atoms with Crippen LogP contribution in [0.4, 0.5) is 4.79 Å². The van der Waals surface area contributed by atoms with Gasteiger partial charge in [-0.1, -0.05) is 12.1 Å². The van der Waals surface area contributed by atoms with Crippen LogP contribution in [0, 0.1) is 5.92 Å². The van der Waals surface area contributed by atoms with Crippen LogP contribution in [0.25, 0.3) is 11.0 Å². The van der Waals surface area contributed by atoms with Gasteiger partial charge in [0, 0.05) is 19.6 Å². The van der Waals surface area contributed by atoms with E-state index < -0.39 is 0 Å². The highest BCUT2D eigenvalue weighted by molar-refractivity contribution is 5.75. The fraction of sp³-hybridized carbons (Fsp3) is 0.500. The number of carbonyl (C=O) groups is 1. The quantitative estimate of drug-likeness (QED) is 0.630. The molecule has 1 aromatic heterocycles. The van der Waals surface area contributed by atoms with E-state index in [0.29, 0.717) is 25.6 Å². The van der Waals surface area contributed by atoms with Gasteiger partial charge in [-0.25, -0.2) is 9.59 Å². The second-order valence-corrected chi connectivity index (χ2v) is 5.93. The highest BCUT2D eigenvalue weighted by atomic mass is 16.2. The number of benzene rings is 1. The van der Waals surface area contributed by atoms with Crippen LogP contribution in [0.5, 0.6) is 0 Å². The predicted molar refractivity (Wildman–Crippen MR) is 89.6 cm³/mol. The lowest BCUT2D eigenvalue weighted by Crippen LogP contribution is -2.38. The number of carbonyl (C=O) groups excluding carboxylic acids is 1. The fourth-order valence-corrected chi connectivity index (χ4v) is 3.02. The van der Waals surface area contributed by atoms with Gasteiger partial charge < -0.3 is 20.9 Å². The summed E-state index contributed by atoms with van der Waals surface area (Å²) in [5.74, 6) is 0.667. The molecule has 2 amide bonds. The number of nitrogens with zero attached hydrogens (tertiary/aromatic N) is 1. The van der Waals surface area contributed by atoms with Gasteiger partial charge in [0.15, 0.2) is 0 Å². The second-order valence-electron chi connectivity index (χ2n) is 5.93. The summed E-state index contributed by atoms with van der Waals surface area (Å²) in [6.07, 6.45) is 2.19. The lowest BCUT2D eigenvalue weighted by atomic mass is 10.1. The Bertz CT molecular complexity index is 715. The van der Waals surface area contributed by atoms with Crippen LogP contribution < -0.4 is 21.6 Å². The topological polar surface area (TPSA) is 90.9 Å². The number of hydrogen-bond acceptors (Lipinski definition) is 3. The minimum atomic E-state index is -0.177. The van der Waals surface area contributed by atoms with Crippen molar-refractivity contribution in [3.05, 3.63) is 34.7 Å². The van der Waals surface area contributed by atoms with E-state index in [0.717, 1.165) is 30.5 Å². The summed E-state index contributed by atoms with van der Waals surface area (Å²) < 4.78 is 1.64. The maximum atomic E-state index is 11.9. The molecule has 3 rings (SSSR count). The Labute approximate surface area is 134 Å². The molecule has 2 aromatic rings. The zero-order valence-corrected chi connectivity index (χ0v) is 13.1. The number of aromatic amines is 1. The first-order valence-corrected chi connectivity index (χ1v) is 8.14. The predicted octanol–water partition coefficient (Wildman–Crippen LogP) is 0.628. The van der Waals surface area contributed by atoms with Crippen molar-refractivity contribution in [2.45, 2.75) is 19.4 Å². The Morgan fingerprint density at radius 1 is 1.26 bits per heavy atom. The first-order valence-electron chi connectivity index (χ1n) is 8.14. The number of rotatable bonds is 6. The number of aromatic nitrogens is 2. The number of imidazole rings is 1. The average Bonchev–Trinajstić information content (AvgIpc) is 3.16. The Hall–Kier alpha value is -2.28. The molecule has 7 heteroatoms. The molecule has 23 heavy (non-hydrogen) atoms. The Kier molecular flexibility index (Phi) is 4.97. The number of amides is 2. The smallest absolute Gasteiger partial charge is 0.326 e. The van der Waals surface area contributed by atoms with Crippen LogP contribution in [0.15, 0.2) is 29.1 Å². The molecule has 0 bridgehead atoms. The molecule has 124 valence electrons. The summed E-state index contributed by atoms with van der Waals surface area (Å²) in [4.78, 5) is 26.5. The Morgan fingerprint density at radius 3 is 2.91 bits per heavy atom. The third-order valence-corrected chi connectivity index (χ3v) is 4.30. The summed E-state index contributed by atoms with van der Waals surface area (Å²) in [7, 11) is 0. The highest BCUT2D eigenvalue weighted by Gasteiger charge is 2.14. The first kappa shape index (κ1) is 15.6. The van der Waals surface area contributed by atoms with Crippen molar-refractivity contribution in [2.75, 3.05) is 26.2 Å².